The highest BCUT2D eigenvalue weighted by atomic mass is 16.1. The van der Waals surface area contributed by atoms with E-state index in [9.17, 15) is 4.79 Å². The Labute approximate surface area is 364 Å². The number of nitrogens with zero attached hydrogens (tertiary/aromatic N) is 2. The Hall–Kier alpha value is -8.01. The summed E-state index contributed by atoms with van der Waals surface area (Å²) in [7, 11) is 0. The van der Waals surface area contributed by atoms with Gasteiger partial charge in [0.1, 0.15) is 0 Å². The Kier molecular flexibility index (Phi) is 7.51. The molecule has 2 heterocycles. The summed E-state index contributed by atoms with van der Waals surface area (Å²) >= 11 is 0. The van der Waals surface area contributed by atoms with Gasteiger partial charge in [-0.3, -0.25) is 9.36 Å². The van der Waals surface area contributed by atoms with Crippen molar-refractivity contribution in [2.45, 2.75) is 19.3 Å². The zero-order valence-electron chi connectivity index (χ0n) is 34.9. The zero-order chi connectivity index (χ0) is 42.0. The molecule has 3 heteroatoms. The van der Waals surface area contributed by atoms with Gasteiger partial charge in [-0.15, -0.1) is 0 Å². The van der Waals surface area contributed by atoms with Crippen LogP contribution in [0.2, 0.25) is 0 Å². The molecule has 0 aliphatic heterocycles. The SMILES string of the molecule is CC1(C)c2ccccc2-c2cc3c4ccccc4n(-c4c5ccccc5c(-c5ccccc5)c5cc(-c6ccc7c(c6)c6ccccc6c(=O)n7-c6ccccc6)ccc45)c3cc21. The second-order valence-corrected chi connectivity index (χ2v) is 17.6. The van der Waals surface area contributed by atoms with E-state index in [1.54, 1.807) is 0 Å². The predicted molar refractivity (Wildman–Crippen MR) is 265 cm³/mol. The van der Waals surface area contributed by atoms with Crippen LogP contribution in [0.5, 0.6) is 0 Å². The highest BCUT2D eigenvalue weighted by Gasteiger charge is 2.36. The van der Waals surface area contributed by atoms with Crippen molar-refractivity contribution >= 4 is 65.0 Å². The van der Waals surface area contributed by atoms with Crippen LogP contribution >= 0.6 is 0 Å². The van der Waals surface area contributed by atoms with E-state index < -0.39 is 0 Å². The van der Waals surface area contributed by atoms with Gasteiger partial charge in [0.25, 0.3) is 5.56 Å². The number of aromatic nitrogens is 2. The topological polar surface area (TPSA) is 26.9 Å². The lowest BCUT2D eigenvalue weighted by molar-refractivity contribution is 0.661. The maximum atomic E-state index is 14.1. The Morgan fingerprint density at radius 2 is 0.921 bits per heavy atom. The average molecular weight is 805 g/mol. The van der Waals surface area contributed by atoms with Crippen LogP contribution in [0, 0.1) is 0 Å². The van der Waals surface area contributed by atoms with Crippen LogP contribution in [-0.2, 0) is 5.41 Å². The molecule has 0 bridgehead atoms. The van der Waals surface area contributed by atoms with Crippen LogP contribution in [0.25, 0.3) is 110 Å². The van der Waals surface area contributed by atoms with E-state index >= 15 is 0 Å². The third kappa shape index (κ3) is 5.05. The first-order chi connectivity index (χ1) is 31.0. The summed E-state index contributed by atoms with van der Waals surface area (Å²) in [4.78, 5) is 14.1. The number of hydrogen-bond donors (Lipinski definition) is 0. The van der Waals surface area contributed by atoms with Crippen molar-refractivity contribution in [3.63, 3.8) is 0 Å². The quantitative estimate of drug-likeness (QED) is 0.129. The molecule has 0 spiro atoms. The third-order valence-corrected chi connectivity index (χ3v) is 13.9. The van der Waals surface area contributed by atoms with Gasteiger partial charge in [-0.1, -0.05) is 166 Å². The molecule has 296 valence electrons. The van der Waals surface area contributed by atoms with Crippen molar-refractivity contribution in [3.8, 4) is 44.8 Å². The summed E-state index contributed by atoms with van der Waals surface area (Å²) in [5, 5.41) is 9.99. The molecule has 13 rings (SSSR count). The Balaban J connectivity index is 1.13. The molecule has 12 aromatic rings. The van der Waals surface area contributed by atoms with E-state index in [4.69, 9.17) is 0 Å². The lowest BCUT2D eigenvalue weighted by atomic mass is 9.82. The molecular weight excluding hydrogens is 765 g/mol. The van der Waals surface area contributed by atoms with Gasteiger partial charge in [-0.25, -0.2) is 0 Å². The lowest BCUT2D eigenvalue weighted by Gasteiger charge is -2.23. The van der Waals surface area contributed by atoms with E-state index in [0.717, 1.165) is 33.1 Å². The summed E-state index contributed by atoms with van der Waals surface area (Å²) in [6, 6.07) is 74.2. The molecule has 0 saturated carbocycles. The molecule has 0 saturated heterocycles. The number of hydrogen-bond acceptors (Lipinski definition) is 1. The van der Waals surface area contributed by atoms with Gasteiger partial charge < -0.3 is 4.57 Å². The van der Waals surface area contributed by atoms with E-state index in [1.807, 2.05) is 53.1 Å². The Morgan fingerprint density at radius 3 is 1.71 bits per heavy atom. The summed E-state index contributed by atoms with van der Waals surface area (Å²) in [5.41, 5.74) is 15.2. The van der Waals surface area contributed by atoms with Gasteiger partial charge in [0.2, 0.25) is 0 Å². The maximum absolute atomic E-state index is 14.1. The first-order valence-electron chi connectivity index (χ1n) is 21.8. The minimum atomic E-state index is -0.140. The van der Waals surface area contributed by atoms with Crippen molar-refractivity contribution < 1.29 is 0 Å². The number of fused-ring (bicyclic) bond motifs is 11. The molecule has 10 aromatic carbocycles. The highest BCUT2D eigenvalue weighted by Crippen LogP contribution is 2.52. The zero-order valence-corrected chi connectivity index (χ0v) is 34.9. The molecule has 0 unspecified atom stereocenters. The molecule has 1 aliphatic rings. The second kappa shape index (κ2) is 13.2. The summed E-state index contributed by atoms with van der Waals surface area (Å²) in [6.07, 6.45) is 0. The lowest BCUT2D eigenvalue weighted by Crippen LogP contribution is -2.19. The molecule has 3 nitrogen and oxygen atoms in total. The average Bonchev–Trinajstić information content (AvgIpc) is 3.77. The molecule has 0 fully saturated rings. The first-order valence-corrected chi connectivity index (χ1v) is 21.8. The molecule has 63 heavy (non-hydrogen) atoms. The van der Waals surface area contributed by atoms with E-state index in [-0.39, 0.29) is 11.0 Å². The van der Waals surface area contributed by atoms with Gasteiger partial charge in [-0.05, 0) is 115 Å². The monoisotopic (exact) mass is 804 g/mol. The minimum absolute atomic E-state index is 0.0159. The van der Waals surface area contributed by atoms with Gasteiger partial charge >= 0.3 is 0 Å². The largest absolute Gasteiger partial charge is 0.308 e. The number of benzene rings is 10. The predicted octanol–water partition coefficient (Wildman–Crippen LogP) is 15.2. The van der Waals surface area contributed by atoms with Crippen molar-refractivity contribution in [2.24, 2.45) is 0 Å². The third-order valence-electron chi connectivity index (χ3n) is 13.9. The van der Waals surface area contributed by atoms with Crippen LogP contribution in [0.1, 0.15) is 25.0 Å². The Bertz CT molecular complexity index is 3950. The van der Waals surface area contributed by atoms with Crippen molar-refractivity contribution in [2.75, 3.05) is 0 Å². The smallest absolute Gasteiger partial charge is 0.263 e. The van der Waals surface area contributed by atoms with Crippen LogP contribution in [0.4, 0.5) is 0 Å². The van der Waals surface area contributed by atoms with E-state index in [0.29, 0.717) is 5.39 Å². The standard InChI is InChI=1S/C60H40N2O/c1-60(2)52-27-15-13-22-42(52)48-35-50-43-23-14-16-28-54(43)62(56(50)36-53(48)60)58-45-25-11-10-24-44(45)57(37-17-5-3-6-18-37)51-34-38(29-31-46(51)58)39-30-32-55-49(33-39)41-21-9-12-26-47(41)59(63)61(55)40-19-7-4-8-20-40/h3-36H,1-2H3. The summed E-state index contributed by atoms with van der Waals surface area (Å²) in [5.74, 6) is 0. The van der Waals surface area contributed by atoms with Crippen molar-refractivity contribution in [3.05, 3.63) is 228 Å². The van der Waals surface area contributed by atoms with E-state index in [1.165, 1.54) is 82.4 Å². The maximum Gasteiger partial charge on any atom is 0.263 e. The fourth-order valence-electron chi connectivity index (χ4n) is 11.0. The van der Waals surface area contributed by atoms with Crippen LogP contribution in [0.3, 0.4) is 0 Å². The van der Waals surface area contributed by atoms with Crippen LogP contribution in [-0.4, -0.2) is 9.13 Å². The fraction of sp³-hybridized carbons (Fsp3) is 0.0500. The minimum Gasteiger partial charge on any atom is -0.308 e. The van der Waals surface area contributed by atoms with Crippen molar-refractivity contribution in [1.82, 2.24) is 9.13 Å². The molecule has 0 N–H and O–H groups in total. The normalized spacial score (nSPS) is 13.1. The second-order valence-electron chi connectivity index (χ2n) is 17.6. The van der Waals surface area contributed by atoms with Gasteiger partial charge in [-0.2, -0.15) is 0 Å². The highest BCUT2D eigenvalue weighted by molar-refractivity contribution is 6.22. The first kappa shape index (κ1) is 35.7. The van der Waals surface area contributed by atoms with Crippen LogP contribution in [0.15, 0.2) is 211 Å². The van der Waals surface area contributed by atoms with Crippen LogP contribution < -0.4 is 5.56 Å². The van der Waals surface area contributed by atoms with Crippen molar-refractivity contribution in [1.29, 1.82) is 0 Å². The van der Waals surface area contributed by atoms with Gasteiger partial charge in [0.15, 0.2) is 0 Å². The molecule has 2 aromatic heterocycles. The number of rotatable bonds is 4. The molecule has 0 radical (unpaired) electrons. The van der Waals surface area contributed by atoms with Gasteiger partial charge in [0.05, 0.1) is 22.2 Å². The summed E-state index contributed by atoms with van der Waals surface area (Å²) < 4.78 is 4.41. The molecule has 0 amide bonds. The Morgan fingerprint density at radius 1 is 0.349 bits per heavy atom. The number of pyridine rings is 1. The fourth-order valence-corrected chi connectivity index (χ4v) is 11.0. The summed E-state index contributed by atoms with van der Waals surface area (Å²) in [6.45, 7) is 4.74. The molecule has 0 atom stereocenters. The molecule has 1 aliphatic carbocycles. The molecular formula is C60H40N2O. The number of para-hydroxylation sites is 2. The van der Waals surface area contributed by atoms with Gasteiger partial charge in [0, 0.05) is 43.4 Å². The van der Waals surface area contributed by atoms with E-state index in [2.05, 4.69) is 176 Å².